The molecular formula is C32H28N8O6S2. The van der Waals surface area contributed by atoms with Crippen LogP contribution in [-0.2, 0) is 19.5 Å². The van der Waals surface area contributed by atoms with Crippen LogP contribution in [0.5, 0.6) is 0 Å². The lowest BCUT2D eigenvalue weighted by atomic mass is 10.1. The summed E-state index contributed by atoms with van der Waals surface area (Å²) in [5.41, 5.74) is 14.6. The highest BCUT2D eigenvalue weighted by atomic mass is 32.2. The fourth-order valence-corrected chi connectivity index (χ4v) is 6.10. The van der Waals surface area contributed by atoms with Gasteiger partial charge in [-0.2, -0.15) is 33.7 Å². The van der Waals surface area contributed by atoms with Gasteiger partial charge in [0.15, 0.2) is 0 Å². The number of anilines is 1. The Morgan fingerprint density at radius 3 is 1.98 bits per heavy atom. The minimum Gasteiger partial charge on any atom is -0.399 e. The van der Waals surface area contributed by atoms with Gasteiger partial charge in [0.05, 0.1) is 45.4 Å². The lowest BCUT2D eigenvalue weighted by molar-refractivity contribution is -0.432. The Morgan fingerprint density at radius 2 is 1.35 bits per heavy atom. The van der Waals surface area contributed by atoms with E-state index in [0.717, 1.165) is 39.3 Å². The summed E-state index contributed by atoms with van der Waals surface area (Å²) < 4.78 is 38.1. The van der Waals surface area contributed by atoms with Crippen LogP contribution in [0.4, 0.5) is 28.4 Å². The second-order valence-electron chi connectivity index (χ2n) is 11.0. The molecule has 1 heterocycles. The van der Waals surface area contributed by atoms with Crippen LogP contribution in [0.2, 0.25) is 0 Å². The van der Waals surface area contributed by atoms with Crippen molar-refractivity contribution < 1.29 is 27.6 Å². The van der Waals surface area contributed by atoms with E-state index < -0.39 is 10.1 Å². The zero-order chi connectivity index (χ0) is 34.2. The average Bonchev–Trinajstić information content (AvgIpc) is 3.50. The summed E-state index contributed by atoms with van der Waals surface area (Å²) in [5.74, 6) is 0. The van der Waals surface area contributed by atoms with Gasteiger partial charge in [0, 0.05) is 21.4 Å². The zero-order valence-electron chi connectivity index (χ0n) is 26.0. The van der Waals surface area contributed by atoms with E-state index in [1.165, 1.54) is 16.9 Å². The number of fused-ring (bicyclic) bond motifs is 3. The van der Waals surface area contributed by atoms with Crippen molar-refractivity contribution in [1.82, 2.24) is 15.0 Å². The smallest absolute Gasteiger partial charge is 0.294 e. The second kappa shape index (κ2) is 13.2. The van der Waals surface area contributed by atoms with Gasteiger partial charge < -0.3 is 5.73 Å². The number of benzene rings is 5. The van der Waals surface area contributed by atoms with E-state index >= 15 is 0 Å². The monoisotopic (exact) mass is 684 g/mol. The van der Waals surface area contributed by atoms with E-state index in [4.69, 9.17) is 11.0 Å². The van der Waals surface area contributed by atoms with Crippen molar-refractivity contribution in [2.24, 2.45) is 20.5 Å². The van der Waals surface area contributed by atoms with Crippen molar-refractivity contribution in [2.75, 3.05) is 5.73 Å². The molecular weight excluding hydrogens is 657 g/mol. The zero-order valence-corrected chi connectivity index (χ0v) is 27.6. The van der Waals surface area contributed by atoms with Gasteiger partial charge in [-0.05, 0) is 117 Å². The van der Waals surface area contributed by atoms with E-state index in [-0.39, 0.29) is 9.79 Å². The molecule has 0 aliphatic rings. The maximum absolute atomic E-state index is 12.0. The van der Waals surface area contributed by atoms with Gasteiger partial charge in [-0.15, -0.1) is 14.5 Å². The minimum absolute atomic E-state index is 0.258. The molecule has 244 valence electrons. The fourth-order valence-electron chi connectivity index (χ4n) is 4.94. The van der Waals surface area contributed by atoms with Crippen molar-refractivity contribution in [3.05, 3.63) is 95.1 Å². The third kappa shape index (κ3) is 6.79. The standard InChI is InChI=1S/C32H28N8O6S2/c1-17-12-28(18(2)11-26(17)33)36-37-30-14-19(3)29(13-20(30)4)35-34-21-5-7-22(8-6-21)40-38-27-10-9-24-25(32(27)39-40)15-23(48(42,43)44)16-31(24)47-46-45-41/h5-16,41H,33H2,1-4H3,(H,42,43,44). The van der Waals surface area contributed by atoms with Crippen LogP contribution in [0.1, 0.15) is 22.3 Å². The summed E-state index contributed by atoms with van der Waals surface area (Å²) in [5, 5.41) is 40.1. The van der Waals surface area contributed by atoms with Crippen LogP contribution in [0.3, 0.4) is 0 Å². The van der Waals surface area contributed by atoms with Crippen LogP contribution in [-0.4, -0.2) is 33.2 Å². The summed E-state index contributed by atoms with van der Waals surface area (Å²) in [6, 6.07) is 20.6. The Labute approximate surface area is 278 Å². The number of hydrogen-bond donors (Lipinski definition) is 3. The highest BCUT2D eigenvalue weighted by Gasteiger charge is 2.18. The topological polar surface area (TPSA) is 199 Å². The highest BCUT2D eigenvalue weighted by molar-refractivity contribution is 7.94. The van der Waals surface area contributed by atoms with Crippen molar-refractivity contribution in [3.8, 4) is 5.69 Å². The Morgan fingerprint density at radius 1 is 0.750 bits per heavy atom. The molecule has 0 unspecified atom stereocenters. The largest absolute Gasteiger partial charge is 0.399 e. The number of nitrogens with two attached hydrogens (primary N) is 1. The Bertz CT molecular complexity index is 2380. The lowest BCUT2D eigenvalue weighted by Gasteiger charge is -2.07. The molecule has 16 heteroatoms. The Balaban J connectivity index is 1.25. The maximum Gasteiger partial charge on any atom is 0.294 e. The predicted octanol–water partition coefficient (Wildman–Crippen LogP) is 8.90. The normalized spacial score (nSPS) is 12.3. The fraction of sp³-hybridized carbons (Fsp3) is 0.125. The summed E-state index contributed by atoms with van der Waals surface area (Å²) >= 11 is 0.567. The number of azo groups is 2. The van der Waals surface area contributed by atoms with Gasteiger partial charge in [0.2, 0.25) is 0 Å². The molecule has 0 aliphatic carbocycles. The minimum atomic E-state index is -4.57. The molecule has 4 N–H and O–H groups in total. The SMILES string of the molecule is Cc1cc(N=Nc2cc(C)c(N=Nc3ccc(-n4nc5ccc6c(SOOO)cc(S(=O)(=O)O)cc6c5n4)cc3)cc2C)c(C)cc1N. The van der Waals surface area contributed by atoms with Gasteiger partial charge in [0.25, 0.3) is 10.1 Å². The van der Waals surface area contributed by atoms with Crippen LogP contribution in [0.15, 0.2) is 103 Å². The molecule has 0 aliphatic heterocycles. The molecule has 0 amide bonds. The molecule has 0 saturated carbocycles. The number of nitrogens with zero attached hydrogens (tertiary/aromatic N) is 7. The molecule has 0 fully saturated rings. The Hall–Kier alpha value is -5.10. The predicted molar refractivity (Wildman–Crippen MR) is 181 cm³/mol. The molecule has 1 aromatic heterocycles. The third-order valence-corrected chi connectivity index (χ3v) is 9.07. The van der Waals surface area contributed by atoms with Crippen molar-refractivity contribution in [3.63, 3.8) is 0 Å². The third-order valence-electron chi connectivity index (χ3n) is 7.59. The summed E-state index contributed by atoms with van der Waals surface area (Å²) in [7, 11) is -4.57. The molecule has 14 nitrogen and oxygen atoms in total. The molecule has 6 aromatic rings. The van der Waals surface area contributed by atoms with E-state index in [1.807, 2.05) is 52.0 Å². The first-order valence-electron chi connectivity index (χ1n) is 14.3. The van der Waals surface area contributed by atoms with Crippen molar-refractivity contribution in [2.45, 2.75) is 37.5 Å². The van der Waals surface area contributed by atoms with E-state index in [9.17, 15) is 13.0 Å². The first-order valence-corrected chi connectivity index (χ1v) is 16.5. The van der Waals surface area contributed by atoms with Gasteiger partial charge in [0.1, 0.15) is 11.0 Å². The van der Waals surface area contributed by atoms with Crippen LogP contribution in [0.25, 0.3) is 27.5 Å². The quantitative estimate of drug-likeness (QED) is 0.0330. The molecule has 5 aromatic carbocycles. The van der Waals surface area contributed by atoms with E-state index in [1.54, 1.807) is 36.4 Å². The maximum atomic E-state index is 12.0. The molecule has 0 radical (unpaired) electrons. The number of rotatable bonds is 9. The highest BCUT2D eigenvalue weighted by Crippen LogP contribution is 2.36. The van der Waals surface area contributed by atoms with Crippen LogP contribution in [0, 0.1) is 27.7 Å². The first-order chi connectivity index (χ1) is 22.9. The summed E-state index contributed by atoms with van der Waals surface area (Å²) in [6.07, 6.45) is 0. The Kier molecular flexibility index (Phi) is 9.02. The van der Waals surface area contributed by atoms with Crippen molar-refractivity contribution in [1.29, 1.82) is 0 Å². The molecule has 0 bridgehead atoms. The van der Waals surface area contributed by atoms with Crippen molar-refractivity contribution >= 4 is 72.4 Å². The average molecular weight is 685 g/mol. The summed E-state index contributed by atoms with van der Waals surface area (Å²) in [6.45, 7) is 7.75. The lowest BCUT2D eigenvalue weighted by Crippen LogP contribution is -1.99. The second-order valence-corrected chi connectivity index (χ2v) is 13.1. The number of nitrogen functional groups attached to an aromatic ring is 1. The molecule has 0 saturated heterocycles. The summed E-state index contributed by atoms with van der Waals surface area (Å²) in [4.78, 5) is 1.27. The van der Waals surface area contributed by atoms with E-state index in [2.05, 4.69) is 40.0 Å². The molecule has 0 spiro atoms. The molecule has 6 rings (SSSR count). The van der Waals surface area contributed by atoms with Gasteiger partial charge in [-0.3, -0.25) is 4.55 Å². The van der Waals surface area contributed by atoms with Gasteiger partial charge in [-0.25, -0.2) is 5.26 Å². The van der Waals surface area contributed by atoms with Gasteiger partial charge in [-0.1, -0.05) is 11.1 Å². The number of aromatic nitrogens is 3. The van der Waals surface area contributed by atoms with Gasteiger partial charge >= 0.3 is 0 Å². The van der Waals surface area contributed by atoms with Crippen LogP contribution >= 0.6 is 12.0 Å². The number of hydrogen-bond acceptors (Lipinski definition) is 13. The first kappa shape index (κ1) is 32.8. The molecule has 48 heavy (non-hydrogen) atoms. The molecule has 0 atom stereocenters. The van der Waals surface area contributed by atoms with Crippen LogP contribution < -0.4 is 5.73 Å². The number of aryl methyl sites for hydroxylation is 4. The van der Waals surface area contributed by atoms with E-state index in [0.29, 0.717) is 50.9 Å².